The first-order valence-corrected chi connectivity index (χ1v) is 8.21. The molecular formula is C17H20N2O2S. The molecule has 0 saturated heterocycles. The molecular weight excluding hydrogens is 296 g/mol. The van der Waals surface area contributed by atoms with Gasteiger partial charge in [-0.2, -0.15) is 0 Å². The molecule has 0 aliphatic heterocycles. The fourth-order valence-electron chi connectivity index (χ4n) is 2.02. The number of thioether (sulfide) groups is 1. The van der Waals surface area contributed by atoms with E-state index in [0.29, 0.717) is 11.4 Å². The first-order valence-electron chi connectivity index (χ1n) is 6.98. The van der Waals surface area contributed by atoms with Crippen molar-refractivity contribution in [1.29, 1.82) is 0 Å². The summed E-state index contributed by atoms with van der Waals surface area (Å²) < 4.78 is 5.24. The normalized spacial score (nSPS) is 11.6. The molecule has 2 aromatic rings. The Morgan fingerprint density at radius 1 is 1.18 bits per heavy atom. The third kappa shape index (κ3) is 4.18. The van der Waals surface area contributed by atoms with Crippen molar-refractivity contribution in [2.24, 2.45) is 0 Å². The summed E-state index contributed by atoms with van der Waals surface area (Å²) in [6, 6.07) is 15.0. The maximum Gasteiger partial charge on any atom is 0.246 e. The minimum atomic E-state index is -0.359. The van der Waals surface area contributed by atoms with Crippen LogP contribution >= 0.6 is 11.8 Å². The van der Waals surface area contributed by atoms with Gasteiger partial charge in [-0.1, -0.05) is 18.2 Å². The summed E-state index contributed by atoms with van der Waals surface area (Å²) in [5, 5.41) is 6.09. The summed E-state index contributed by atoms with van der Waals surface area (Å²) in [5.74, 6) is 0.534. The van der Waals surface area contributed by atoms with Crippen LogP contribution in [0.4, 0.5) is 11.4 Å². The number of hydrogen-bond donors (Lipinski definition) is 2. The minimum absolute atomic E-state index is 0.112. The van der Waals surface area contributed by atoms with Gasteiger partial charge in [-0.25, -0.2) is 0 Å². The van der Waals surface area contributed by atoms with Crippen molar-refractivity contribution >= 4 is 29.0 Å². The third-order valence-electron chi connectivity index (χ3n) is 3.21. The van der Waals surface area contributed by atoms with Crippen LogP contribution in [-0.2, 0) is 4.79 Å². The van der Waals surface area contributed by atoms with Gasteiger partial charge in [-0.05, 0) is 43.5 Å². The summed E-state index contributed by atoms with van der Waals surface area (Å²) in [5.41, 5.74) is 1.59. The molecule has 22 heavy (non-hydrogen) atoms. The molecule has 2 aromatic carbocycles. The zero-order valence-electron chi connectivity index (χ0n) is 12.9. The monoisotopic (exact) mass is 316 g/mol. The molecule has 0 aliphatic rings. The van der Waals surface area contributed by atoms with Crippen LogP contribution in [-0.4, -0.2) is 25.3 Å². The number of ether oxygens (including phenoxy) is 1. The van der Waals surface area contributed by atoms with E-state index >= 15 is 0 Å². The number of anilines is 2. The van der Waals surface area contributed by atoms with E-state index in [1.807, 2.05) is 61.7 Å². The van der Waals surface area contributed by atoms with E-state index in [2.05, 4.69) is 10.6 Å². The number of hydrogen-bond acceptors (Lipinski definition) is 4. The van der Waals surface area contributed by atoms with E-state index in [0.717, 1.165) is 10.6 Å². The summed E-state index contributed by atoms with van der Waals surface area (Å²) in [6.45, 7) is 1.83. The second-order valence-electron chi connectivity index (χ2n) is 4.79. The molecule has 2 rings (SSSR count). The zero-order valence-corrected chi connectivity index (χ0v) is 13.7. The van der Waals surface area contributed by atoms with Gasteiger partial charge >= 0.3 is 0 Å². The summed E-state index contributed by atoms with van der Waals surface area (Å²) in [4.78, 5) is 13.5. The fourth-order valence-corrected chi connectivity index (χ4v) is 2.48. The summed E-state index contributed by atoms with van der Waals surface area (Å²) >= 11 is 1.67. The van der Waals surface area contributed by atoms with Crippen LogP contribution in [0.5, 0.6) is 5.75 Å². The molecule has 1 amide bonds. The Bertz CT molecular complexity index is 646. The molecule has 1 atom stereocenters. The van der Waals surface area contributed by atoms with Crippen LogP contribution in [0.3, 0.4) is 0 Å². The van der Waals surface area contributed by atoms with E-state index in [9.17, 15) is 4.79 Å². The van der Waals surface area contributed by atoms with Crippen LogP contribution in [0.15, 0.2) is 53.4 Å². The van der Waals surface area contributed by atoms with Crippen LogP contribution in [0.2, 0.25) is 0 Å². The van der Waals surface area contributed by atoms with E-state index < -0.39 is 0 Å². The highest BCUT2D eigenvalue weighted by Gasteiger charge is 2.14. The summed E-state index contributed by atoms with van der Waals surface area (Å²) in [7, 11) is 1.58. The smallest absolute Gasteiger partial charge is 0.246 e. The van der Waals surface area contributed by atoms with Gasteiger partial charge in [-0.15, -0.1) is 11.8 Å². The van der Waals surface area contributed by atoms with Gasteiger partial charge in [-0.3, -0.25) is 4.79 Å². The predicted molar refractivity (Wildman–Crippen MR) is 92.9 cm³/mol. The Morgan fingerprint density at radius 3 is 2.68 bits per heavy atom. The van der Waals surface area contributed by atoms with Gasteiger partial charge in [0.1, 0.15) is 11.8 Å². The molecule has 0 radical (unpaired) electrons. The minimum Gasteiger partial charge on any atom is -0.495 e. The number of para-hydroxylation sites is 2. The molecule has 4 nitrogen and oxygen atoms in total. The average Bonchev–Trinajstić information content (AvgIpc) is 2.55. The second-order valence-corrected chi connectivity index (χ2v) is 5.67. The van der Waals surface area contributed by atoms with Crippen molar-refractivity contribution in [2.45, 2.75) is 17.9 Å². The fraction of sp³-hybridized carbons (Fsp3) is 0.235. The lowest BCUT2D eigenvalue weighted by Gasteiger charge is -2.17. The molecule has 0 spiro atoms. The number of benzene rings is 2. The van der Waals surface area contributed by atoms with Crippen molar-refractivity contribution in [3.63, 3.8) is 0 Å². The topological polar surface area (TPSA) is 50.4 Å². The molecule has 116 valence electrons. The van der Waals surface area contributed by atoms with Crippen LogP contribution in [0.1, 0.15) is 6.92 Å². The third-order valence-corrected chi connectivity index (χ3v) is 3.94. The standard InChI is InChI=1S/C17H20N2O2S/c1-12(18-13-7-6-8-14(11-13)22-3)17(20)19-15-9-4-5-10-16(15)21-2/h4-12,18H,1-3H3,(H,19,20). The van der Waals surface area contributed by atoms with Gasteiger partial charge < -0.3 is 15.4 Å². The quantitative estimate of drug-likeness (QED) is 0.795. The molecule has 0 aliphatic carbocycles. The molecule has 1 unspecified atom stereocenters. The van der Waals surface area contributed by atoms with Crippen LogP contribution in [0, 0.1) is 0 Å². The second kappa shape index (κ2) is 7.75. The lowest BCUT2D eigenvalue weighted by atomic mass is 10.2. The van der Waals surface area contributed by atoms with Gasteiger partial charge in [0.25, 0.3) is 0 Å². The maximum absolute atomic E-state index is 12.3. The first-order chi connectivity index (χ1) is 10.6. The highest BCUT2D eigenvalue weighted by atomic mass is 32.2. The van der Waals surface area contributed by atoms with Crippen molar-refractivity contribution in [3.05, 3.63) is 48.5 Å². The van der Waals surface area contributed by atoms with Crippen molar-refractivity contribution < 1.29 is 9.53 Å². The lowest BCUT2D eigenvalue weighted by molar-refractivity contribution is -0.116. The maximum atomic E-state index is 12.3. The van der Waals surface area contributed by atoms with Crippen LogP contribution in [0.25, 0.3) is 0 Å². The molecule has 0 bridgehead atoms. The van der Waals surface area contributed by atoms with Crippen molar-refractivity contribution in [3.8, 4) is 5.75 Å². The molecule has 0 saturated carbocycles. The SMILES string of the molecule is COc1ccccc1NC(=O)C(C)Nc1cccc(SC)c1. The molecule has 0 heterocycles. The largest absolute Gasteiger partial charge is 0.495 e. The number of carbonyl (C=O) groups excluding carboxylic acids is 1. The Balaban J connectivity index is 2.02. The highest BCUT2D eigenvalue weighted by molar-refractivity contribution is 7.98. The average molecular weight is 316 g/mol. The van der Waals surface area contributed by atoms with E-state index in [-0.39, 0.29) is 11.9 Å². The first kappa shape index (κ1) is 16.2. The molecule has 0 aromatic heterocycles. The molecule has 2 N–H and O–H groups in total. The highest BCUT2D eigenvalue weighted by Crippen LogP contribution is 2.24. The Labute approximate surface area is 135 Å². The van der Waals surface area contributed by atoms with Gasteiger partial charge in [0.05, 0.1) is 12.8 Å². The molecule has 5 heteroatoms. The Kier molecular flexibility index (Phi) is 5.72. The number of carbonyl (C=O) groups is 1. The van der Waals surface area contributed by atoms with Gasteiger partial charge in [0.2, 0.25) is 5.91 Å². The molecule has 0 fully saturated rings. The Morgan fingerprint density at radius 2 is 1.95 bits per heavy atom. The van der Waals surface area contributed by atoms with E-state index in [1.54, 1.807) is 18.9 Å². The number of amides is 1. The van der Waals surface area contributed by atoms with Crippen molar-refractivity contribution in [2.75, 3.05) is 24.0 Å². The number of methoxy groups -OCH3 is 1. The number of rotatable bonds is 6. The van der Waals surface area contributed by atoms with Gasteiger partial charge in [0.15, 0.2) is 0 Å². The summed E-state index contributed by atoms with van der Waals surface area (Å²) in [6.07, 6.45) is 2.02. The van der Waals surface area contributed by atoms with E-state index in [1.165, 1.54) is 0 Å². The van der Waals surface area contributed by atoms with Crippen LogP contribution < -0.4 is 15.4 Å². The lowest BCUT2D eigenvalue weighted by Crippen LogP contribution is -2.32. The zero-order chi connectivity index (χ0) is 15.9. The van der Waals surface area contributed by atoms with Crippen molar-refractivity contribution in [1.82, 2.24) is 0 Å². The van der Waals surface area contributed by atoms with Gasteiger partial charge in [0, 0.05) is 10.6 Å². The predicted octanol–water partition coefficient (Wildman–Crippen LogP) is 3.86. The number of nitrogens with one attached hydrogen (secondary N) is 2. The van der Waals surface area contributed by atoms with E-state index in [4.69, 9.17) is 4.74 Å². The Hall–Kier alpha value is -2.14.